The van der Waals surface area contributed by atoms with E-state index in [1.54, 1.807) is 11.0 Å². The molecule has 0 radical (unpaired) electrons. The lowest BCUT2D eigenvalue weighted by Crippen LogP contribution is -2.56. The molecule has 2 N–H and O–H groups in total. The number of nitrogens with one attached hydrogen (secondary N) is 2. The van der Waals surface area contributed by atoms with E-state index in [1.165, 1.54) is 6.92 Å². The Morgan fingerprint density at radius 1 is 1.00 bits per heavy atom. The van der Waals surface area contributed by atoms with Crippen molar-refractivity contribution in [3.8, 4) is 5.75 Å². The van der Waals surface area contributed by atoms with E-state index in [9.17, 15) is 23.2 Å². The van der Waals surface area contributed by atoms with E-state index in [1.807, 2.05) is 48.5 Å². The fourth-order valence-corrected chi connectivity index (χ4v) is 4.72. The van der Waals surface area contributed by atoms with Gasteiger partial charge in [0.15, 0.2) is 6.10 Å². The number of amides is 3. The number of hydrogen-bond acceptors (Lipinski definition) is 4. The fraction of sp³-hybridized carbons (Fsp3) is 0.300. The second-order valence-corrected chi connectivity index (χ2v) is 10.0. The van der Waals surface area contributed by atoms with Gasteiger partial charge in [-0.25, -0.2) is 8.78 Å². The molecule has 1 fully saturated rings. The van der Waals surface area contributed by atoms with Crippen LogP contribution in [0.5, 0.6) is 5.75 Å². The van der Waals surface area contributed by atoms with E-state index in [0.29, 0.717) is 29.5 Å². The van der Waals surface area contributed by atoms with E-state index in [0.717, 1.165) is 31.0 Å². The number of ether oxygens (including phenoxy) is 1. The second kappa shape index (κ2) is 11.2. The van der Waals surface area contributed by atoms with Crippen molar-refractivity contribution in [1.29, 1.82) is 0 Å². The summed E-state index contributed by atoms with van der Waals surface area (Å²) in [5, 5.41) is 5.36. The first-order valence-electron chi connectivity index (χ1n) is 12.9. The van der Waals surface area contributed by atoms with Crippen molar-refractivity contribution in [2.75, 3.05) is 11.4 Å². The molecule has 1 aliphatic heterocycles. The smallest absolute Gasteiger partial charge is 0.253 e. The number of carbonyl (C=O) groups excluding carboxylic acids is 3. The van der Waals surface area contributed by atoms with E-state index in [4.69, 9.17) is 4.74 Å². The Kier molecular flexibility index (Phi) is 7.58. The van der Waals surface area contributed by atoms with Gasteiger partial charge in [0.1, 0.15) is 29.5 Å². The van der Waals surface area contributed by atoms with Crippen molar-refractivity contribution in [2.24, 2.45) is 5.92 Å². The second-order valence-electron chi connectivity index (χ2n) is 10.0. The van der Waals surface area contributed by atoms with Crippen molar-refractivity contribution in [2.45, 2.75) is 44.4 Å². The summed E-state index contributed by atoms with van der Waals surface area (Å²) in [6, 6.07) is 17.2. The highest BCUT2D eigenvalue weighted by atomic mass is 19.1. The van der Waals surface area contributed by atoms with Gasteiger partial charge in [-0.15, -0.1) is 0 Å². The van der Waals surface area contributed by atoms with Crippen LogP contribution >= 0.6 is 0 Å². The maximum Gasteiger partial charge on any atom is 0.253 e. The Morgan fingerprint density at radius 2 is 1.67 bits per heavy atom. The summed E-state index contributed by atoms with van der Waals surface area (Å²) in [7, 11) is 0. The Bertz CT molecular complexity index is 1360. The number of rotatable bonds is 8. The predicted molar refractivity (Wildman–Crippen MR) is 141 cm³/mol. The Hall–Kier alpha value is -4.27. The fourth-order valence-electron chi connectivity index (χ4n) is 4.72. The number of fused-ring (bicyclic) bond motifs is 1. The van der Waals surface area contributed by atoms with Gasteiger partial charge in [0.25, 0.3) is 5.91 Å². The van der Waals surface area contributed by atoms with E-state index < -0.39 is 41.6 Å². The van der Waals surface area contributed by atoms with E-state index in [2.05, 4.69) is 10.6 Å². The standard InChI is InChI=1S/C30H29F2N3O4/c1-18(33-26(36)15-20-13-22(31)16-23(32)14-20)29(37)34-27-28(21-7-3-2-4-8-21)39-25-10-6-5-9-24(25)35(30(27)38)17-19-11-12-19/h2-10,13-14,16,18-19,27-28H,11-12,15,17H2,1H3,(H,33,36)(H,34,37)/t18-,27-,28+/m0/s1. The number of carbonyl (C=O) groups is 3. The number of para-hydroxylation sites is 2. The summed E-state index contributed by atoms with van der Waals surface area (Å²) in [6.07, 6.45) is 0.940. The predicted octanol–water partition coefficient (Wildman–Crippen LogP) is 4.07. The minimum Gasteiger partial charge on any atom is -0.481 e. The lowest BCUT2D eigenvalue weighted by molar-refractivity contribution is -0.132. The quantitative estimate of drug-likeness (QED) is 0.457. The van der Waals surface area contributed by atoms with Crippen molar-refractivity contribution in [3.05, 3.63) is 95.6 Å². The molecule has 3 atom stereocenters. The SMILES string of the molecule is C[C@H](NC(=O)Cc1cc(F)cc(F)c1)C(=O)N[C@@H]1C(=O)N(CC2CC2)c2ccccc2O[C@@H]1c1ccccc1. The van der Waals surface area contributed by atoms with Crippen LogP contribution < -0.4 is 20.3 Å². The van der Waals surface area contributed by atoms with E-state index >= 15 is 0 Å². The molecule has 9 heteroatoms. The highest BCUT2D eigenvalue weighted by Crippen LogP contribution is 2.40. The monoisotopic (exact) mass is 533 g/mol. The molecule has 1 saturated carbocycles. The average Bonchev–Trinajstić information content (AvgIpc) is 3.74. The summed E-state index contributed by atoms with van der Waals surface area (Å²) in [5.41, 5.74) is 1.50. The highest BCUT2D eigenvalue weighted by Gasteiger charge is 2.42. The van der Waals surface area contributed by atoms with Gasteiger partial charge in [-0.2, -0.15) is 0 Å². The summed E-state index contributed by atoms with van der Waals surface area (Å²) < 4.78 is 33.4. The molecule has 5 rings (SSSR count). The number of hydrogen-bond donors (Lipinski definition) is 2. The summed E-state index contributed by atoms with van der Waals surface area (Å²) >= 11 is 0. The number of benzene rings is 3. The molecule has 7 nitrogen and oxygen atoms in total. The zero-order chi connectivity index (χ0) is 27.5. The van der Waals surface area contributed by atoms with Gasteiger partial charge in [-0.1, -0.05) is 42.5 Å². The molecule has 0 unspecified atom stereocenters. The molecule has 1 aliphatic carbocycles. The van der Waals surface area contributed by atoms with Gasteiger partial charge >= 0.3 is 0 Å². The van der Waals surface area contributed by atoms with Crippen LogP contribution in [0.25, 0.3) is 0 Å². The van der Waals surface area contributed by atoms with Gasteiger partial charge in [-0.05, 0) is 61.1 Å². The normalized spacial score (nSPS) is 19.4. The van der Waals surface area contributed by atoms with Crippen LogP contribution in [0.1, 0.15) is 37.0 Å². The van der Waals surface area contributed by atoms with Crippen LogP contribution in [0.15, 0.2) is 72.8 Å². The van der Waals surface area contributed by atoms with Crippen molar-refractivity contribution >= 4 is 23.4 Å². The molecule has 0 aromatic heterocycles. The molecule has 3 amide bonds. The molecule has 1 heterocycles. The van der Waals surface area contributed by atoms with Crippen molar-refractivity contribution in [3.63, 3.8) is 0 Å². The van der Waals surface area contributed by atoms with Crippen LogP contribution in [-0.2, 0) is 20.8 Å². The molecule has 202 valence electrons. The lowest BCUT2D eigenvalue weighted by Gasteiger charge is -2.29. The number of halogens is 2. The van der Waals surface area contributed by atoms with Crippen LogP contribution in [0, 0.1) is 17.6 Å². The van der Waals surface area contributed by atoms with Crippen LogP contribution in [-0.4, -0.2) is 36.3 Å². The van der Waals surface area contributed by atoms with Crippen LogP contribution in [0.2, 0.25) is 0 Å². The molecular formula is C30H29F2N3O4. The maximum absolute atomic E-state index is 14.0. The molecule has 0 saturated heterocycles. The Balaban J connectivity index is 1.37. The zero-order valence-corrected chi connectivity index (χ0v) is 21.4. The van der Waals surface area contributed by atoms with Crippen LogP contribution in [0.4, 0.5) is 14.5 Å². The summed E-state index contributed by atoms with van der Waals surface area (Å²) in [5.74, 6) is -2.14. The molecule has 3 aromatic carbocycles. The Labute approximate surface area is 225 Å². The molecule has 39 heavy (non-hydrogen) atoms. The van der Waals surface area contributed by atoms with Crippen molar-refractivity contribution < 1.29 is 27.9 Å². The first kappa shape index (κ1) is 26.3. The summed E-state index contributed by atoms with van der Waals surface area (Å²) in [6.45, 7) is 2.00. The molecular weight excluding hydrogens is 504 g/mol. The molecule has 2 aliphatic rings. The van der Waals surface area contributed by atoms with Gasteiger partial charge in [0.05, 0.1) is 12.1 Å². The minimum atomic E-state index is -1.07. The van der Waals surface area contributed by atoms with E-state index in [-0.39, 0.29) is 17.9 Å². The number of anilines is 1. The van der Waals surface area contributed by atoms with Crippen molar-refractivity contribution in [1.82, 2.24) is 10.6 Å². The van der Waals surface area contributed by atoms with Crippen LogP contribution in [0.3, 0.4) is 0 Å². The van der Waals surface area contributed by atoms with Gasteiger partial charge in [0, 0.05) is 12.6 Å². The Morgan fingerprint density at radius 3 is 2.36 bits per heavy atom. The number of nitrogens with zero attached hydrogens (tertiary/aromatic N) is 1. The summed E-state index contributed by atoms with van der Waals surface area (Å²) in [4.78, 5) is 41.5. The highest BCUT2D eigenvalue weighted by molar-refractivity contribution is 6.02. The van der Waals surface area contributed by atoms with Gasteiger partial charge in [0.2, 0.25) is 11.8 Å². The molecule has 3 aromatic rings. The first-order valence-corrected chi connectivity index (χ1v) is 12.9. The topological polar surface area (TPSA) is 87.7 Å². The van der Waals surface area contributed by atoms with Gasteiger partial charge < -0.3 is 20.3 Å². The minimum absolute atomic E-state index is 0.141. The third-order valence-corrected chi connectivity index (χ3v) is 6.87. The maximum atomic E-state index is 14.0. The average molecular weight is 534 g/mol. The zero-order valence-electron chi connectivity index (χ0n) is 21.4. The third kappa shape index (κ3) is 6.25. The first-order chi connectivity index (χ1) is 18.8. The molecule has 0 spiro atoms. The lowest BCUT2D eigenvalue weighted by atomic mass is 10.0. The largest absolute Gasteiger partial charge is 0.481 e. The third-order valence-electron chi connectivity index (χ3n) is 6.87. The van der Waals surface area contributed by atoms with Gasteiger partial charge in [-0.3, -0.25) is 14.4 Å². The molecule has 0 bridgehead atoms.